The highest BCUT2D eigenvalue weighted by atomic mass is 16.3. The van der Waals surface area contributed by atoms with Gasteiger partial charge in [-0.25, -0.2) is 0 Å². The molecule has 0 saturated carbocycles. The Labute approximate surface area is 198 Å². The first-order valence-electron chi connectivity index (χ1n) is 11.4. The molecule has 0 amide bonds. The minimum atomic E-state index is -0.0925. The molecule has 0 fully saturated rings. The number of fused-ring (bicyclic) bond motifs is 2. The number of hydrogen-bond donors (Lipinski definition) is 1. The number of nitrogens with one attached hydrogen (secondary N) is 1. The van der Waals surface area contributed by atoms with Gasteiger partial charge in [0.05, 0.1) is 28.3 Å². The molecule has 0 aliphatic rings. The van der Waals surface area contributed by atoms with Crippen molar-refractivity contribution in [3.8, 4) is 11.3 Å². The summed E-state index contributed by atoms with van der Waals surface area (Å²) in [6, 6.07) is 13.9. The highest BCUT2D eigenvalue weighted by Crippen LogP contribution is 2.33. The number of nitrogens with zero attached hydrogens (tertiary/aromatic N) is 3. The third-order valence-electron chi connectivity index (χ3n) is 6.34. The van der Waals surface area contributed by atoms with E-state index >= 15 is 0 Å². The van der Waals surface area contributed by atoms with Crippen LogP contribution in [0.3, 0.4) is 0 Å². The lowest BCUT2D eigenvalue weighted by Gasteiger charge is -2.20. The highest BCUT2D eigenvalue weighted by Gasteiger charge is 2.20. The van der Waals surface area contributed by atoms with E-state index in [-0.39, 0.29) is 11.5 Å². The summed E-state index contributed by atoms with van der Waals surface area (Å²) in [5.41, 5.74) is 7.82. The predicted octanol–water partition coefficient (Wildman–Crippen LogP) is 6.15. The van der Waals surface area contributed by atoms with Crippen molar-refractivity contribution in [1.29, 1.82) is 0 Å². The lowest BCUT2D eigenvalue weighted by atomic mass is 9.98. The van der Waals surface area contributed by atoms with E-state index in [1.807, 2.05) is 77.3 Å². The smallest absolute Gasteiger partial charge is 0.196 e. The number of rotatable bonds is 4. The molecule has 5 aromatic rings. The van der Waals surface area contributed by atoms with Crippen molar-refractivity contribution in [2.45, 2.75) is 40.7 Å². The molecule has 0 aliphatic carbocycles. The van der Waals surface area contributed by atoms with Crippen LogP contribution >= 0.6 is 0 Å². The SMILES string of the molecule is Cc1cc(C(C)Nc2ccc(C)nc2C)c2oc(-c3ccc4nn(C)cc4c3)c(C)c(=O)c2c1. The first-order valence-corrected chi connectivity index (χ1v) is 11.4. The topological polar surface area (TPSA) is 73.0 Å². The maximum absolute atomic E-state index is 13.5. The summed E-state index contributed by atoms with van der Waals surface area (Å²) < 4.78 is 8.31. The molecule has 172 valence electrons. The van der Waals surface area contributed by atoms with E-state index < -0.39 is 0 Å². The van der Waals surface area contributed by atoms with Gasteiger partial charge >= 0.3 is 0 Å². The standard InChI is InChI=1S/C28H28N4O2/c1-15-11-22(18(4)30-24-9-7-16(2)29-19(24)5)28-23(12-15)26(33)17(3)27(34-28)20-8-10-25-21(13-20)14-32(6)31-25/h7-14,18,30H,1-6H3. The molecule has 3 aromatic heterocycles. The highest BCUT2D eigenvalue weighted by molar-refractivity contribution is 5.87. The zero-order chi connectivity index (χ0) is 24.1. The molecule has 2 aromatic carbocycles. The largest absolute Gasteiger partial charge is 0.455 e. The van der Waals surface area contributed by atoms with Gasteiger partial charge in [0.15, 0.2) is 5.43 Å². The van der Waals surface area contributed by atoms with Crippen molar-refractivity contribution in [2.24, 2.45) is 7.05 Å². The van der Waals surface area contributed by atoms with Gasteiger partial charge in [-0.3, -0.25) is 14.5 Å². The van der Waals surface area contributed by atoms with Crippen molar-refractivity contribution in [1.82, 2.24) is 14.8 Å². The molecule has 6 nitrogen and oxygen atoms in total. The van der Waals surface area contributed by atoms with E-state index in [0.717, 1.165) is 44.7 Å². The second kappa shape index (κ2) is 8.13. The van der Waals surface area contributed by atoms with Gasteiger partial charge in [-0.15, -0.1) is 0 Å². The summed E-state index contributed by atoms with van der Waals surface area (Å²) in [5, 5.41) is 9.61. The van der Waals surface area contributed by atoms with E-state index in [1.54, 1.807) is 4.68 Å². The molecule has 34 heavy (non-hydrogen) atoms. The van der Waals surface area contributed by atoms with Gasteiger partial charge in [-0.1, -0.05) is 6.07 Å². The zero-order valence-corrected chi connectivity index (χ0v) is 20.4. The van der Waals surface area contributed by atoms with E-state index in [1.165, 1.54) is 0 Å². The van der Waals surface area contributed by atoms with Crippen molar-refractivity contribution in [3.05, 3.63) is 87.0 Å². The maximum Gasteiger partial charge on any atom is 0.196 e. The molecule has 0 spiro atoms. The quantitative estimate of drug-likeness (QED) is 0.354. The third-order valence-corrected chi connectivity index (χ3v) is 6.34. The summed E-state index contributed by atoms with van der Waals surface area (Å²) in [4.78, 5) is 18.0. The molecular weight excluding hydrogens is 424 g/mol. The predicted molar refractivity (Wildman–Crippen MR) is 137 cm³/mol. The van der Waals surface area contributed by atoms with Crippen LogP contribution in [0.5, 0.6) is 0 Å². The van der Waals surface area contributed by atoms with Crippen LogP contribution < -0.4 is 10.7 Å². The van der Waals surface area contributed by atoms with Crippen molar-refractivity contribution in [3.63, 3.8) is 0 Å². The van der Waals surface area contributed by atoms with E-state index in [9.17, 15) is 4.79 Å². The molecule has 0 bridgehead atoms. The molecule has 0 aliphatic heterocycles. The molecule has 0 radical (unpaired) electrons. The number of benzene rings is 2. The second-order valence-corrected chi connectivity index (χ2v) is 9.14. The Morgan fingerprint density at radius 1 is 1.03 bits per heavy atom. The lowest BCUT2D eigenvalue weighted by molar-refractivity contribution is 0.605. The van der Waals surface area contributed by atoms with Gasteiger partial charge in [-0.2, -0.15) is 5.10 Å². The number of anilines is 1. The van der Waals surface area contributed by atoms with Crippen molar-refractivity contribution in [2.75, 3.05) is 5.32 Å². The first-order chi connectivity index (χ1) is 16.2. The molecule has 1 atom stereocenters. The Morgan fingerprint density at radius 3 is 2.59 bits per heavy atom. The van der Waals surface area contributed by atoms with Crippen LogP contribution in [0.2, 0.25) is 0 Å². The number of aromatic nitrogens is 3. The summed E-state index contributed by atoms with van der Waals surface area (Å²) in [5.74, 6) is 0.591. The maximum atomic E-state index is 13.5. The Balaban J connectivity index is 1.67. The Bertz CT molecular complexity index is 1630. The average molecular weight is 453 g/mol. The molecular formula is C28H28N4O2. The fourth-order valence-electron chi connectivity index (χ4n) is 4.61. The fourth-order valence-corrected chi connectivity index (χ4v) is 4.61. The Hall–Kier alpha value is -3.93. The van der Waals surface area contributed by atoms with Crippen molar-refractivity contribution < 1.29 is 4.42 Å². The van der Waals surface area contributed by atoms with Crippen LogP contribution in [0.4, 0.5) is 5.69 Å². The first kappa shape index (κ1) is 21.9. The zero-order valence-electron chi connectivity index (χ0n) is 20.4. The summed E-state index contributed by atoms with van der Waals surface area (Å²) in [6.45, 7) is 9.89. The fraction of sp³-hybridized carbons (Fsp3) is 0.250. The van der Waals surface area contributed by atoms with Crippen molar-refractivity contribution >= 4 is 27.6 Å². The Morgan fingerprint density at radius 2 is 1.82 bits per heavy atom. The summed E-state index contributed by atoms with van der Waals surface area (Å²) >= 11 is 0. The lowest BCUT2D eigenvalue weighted by Crippen LogP contribution is -2.13. The van der Waals surface area contributed by atoms with Crippen LogP contribution in [0.25, 0.3) is 33.2 Å². The minimum Gasteiger partial charge on any atom is -0.455 e. The molecule has 1 N–H and O–H groups in total. The van der Waals surface area contributed by atoms with Gasteiger partial charge in [-0.05, 0) is 76.6 Å². The van der Waals surface area contributed by atoms with Gasteiger partial charge in [0.1, 0.15) is 11.3 Å². The van der Waals surface area contributed by atoms with E-state index in [0.29, 0.717) is 22.3 Å². The van der Waals surface area contributed by atoms with Crippen LogP contribution in [0, 0.1) is 27.7 Å². The number of hydrogen-bond acceptors (Lipinski definition) is 5. The van der Waals surface area contributed by atoms with E-state index in [2.05, 4.69) is 28.4 Å². The summed E-state index contributed by atoms with van der Waals surface area (Å²) in [7, 11) is 1.90. The third kappa shape index (κ3) is 3.75. The van der Waals surface area contributed by atoms with Crippen LogP contribution in [-0.4, -0.2) is 14.8 Å². The molecule has 0 saturated heterocycles. The average Bonchev–Trinajstić information content (AvgIpc) is 3.17. The number of aryl methyl sites for hydroxylation is 4. The molecule has 3 heterocycles. The van der Waals surface area contributed by atoms with Crippen LogP contribution in [0.15, 0.2) is 57.9 Å². The van der Waals surface area contributed by atoms with Gasteiger partial charge in [0.2, 0.25) is 0 Å². The van der Waals surface area contributed by atoms with Gasteiger partial charge < -0.3 is 9.73 Å². The van der Waals surface area contributed by atoms with Gasteiger partial charge in [0, 0.05) is 41.0 Å². The molecule has 1 unspecified atom stereocenters. The van der Waals surface area contributed by atoms with Crippen LogP contribution in [-0.2, 0) is 7.05 Å². The minimum absolute atomic E-state index is 0.00660. The van der Waals surface area contributed by atoms with Gasteiger partial charge in [0.25, 0.3) is 0 Å². The monoisotopic (exact) mass is 452 g/mol. The normalized spacial score (nSPS) is 12.4. The number of pyridine rings is 1. The van der Waals surface area contributed by atoms with Crippen LogP contribution in [0.1, 0.15) is 41.0 Å². The Kier molecular flexibility index (Phi) is 5.24. The molecule has 5 rings (SSSR count). The van der Waals surface area contributed by atoms with E-state index in [4.69, 9.17) is 4.42 Å². The molecule has 6 heteroatoms. The second-order valence-electron chi connectivity index (χ2n) is 9.14. The summed E-state index contributed by atoms with van der Waals surface area (Å²) in [6.07, 6.45) is 1.96.